The molecule has 0 bridgehead atoms. The minimum Gasteiger partial charge on any atom is -0.497 e. The van der Waals surface area contributed by atoms with Gasteiger partial charge in [0, 0.05) is 56.4 Å². The fraction of sp³-hybridized carbons (Fsp3) is 0.310. The van der Waals surface area contributed by atoms with Gasteiger partial charge in [-0.3, -0.25) is 23.5 Å². The highest BCUT2D eigenvalue weighted by molar-refractivity contribution is 7.98. The summed E-state index contributed by atoms with van der Waals surface area (Å²) in [7, 11) is 1.68. The van der Waals surface area contributed by atoms with Crippen molar-refractivity contribution in [1.29, 1.82) is 0 Å². The highest BCUT2D eigenvalue weighted by Crippen LogP contribution is 2.24. The van der Waals surface area contributed by atoms with Crippen LogP contribution in [0.15, 0.2) is 74.9 Å². The molecule has 0 saturated carbocycles. The van der Waals surface area contributed by atoms with Crippen LogP contribution in [-0.4, -0.2) is 63.7 Å². The number of piperazine rings is 1. The minimum absolute atomic E-state index is 0.0157. The van der Waals surface area contributed by atoms with Gasteiger partial charge >= 0.3 is 0 Å². The average molecular weight is 609 g/mol. The number of thioether (sulfide) groups is 1. The van der Waals surface area contributed by atoms with Crippen LogP contribution in [0.1, 0.15) is 12.1 Å². The lowest BCUT2D eigenvalue weighted by molar-refractivity contribution is 0.249. The van der Waals surface area contributed by atoms with Crippen LogP contribution in [0.25, 0.3) is 15.9 Å². The monoisotopic (exact) mass is 608 g/mol. The number of aromatic nitrogens is 4. The Balaban J connectivity index is 1.12. The molecule has 0 aliphatic carbocycles. The number of fused-ring (bicyclic) bond motifs is 2. The quantitative estimate of drug-likeness (QED) is 0.177. The molecular weight excluding hydrogens is 580 g/mol. The Hall–Kier alpha value is -3.38. The van der Waals surface area contributed by atoms with E-state index in [0.29, 0.717) is 44.0 Å². The molecule has 0 radical (unpaired) electrons. The Morgan fingerprint density at radius 2 is 1.80 bits per heavy atom. The molecular formula is C29H29ClN6O3S2. The molecule has 1 saturated heterocycles. The first-order chi connectivity index (χ1) is 20.0. The number of pyridine rings is 1. The van der Waals surface area contributed by atoms with Crippen LogP contribution in [0.2, 0.25) is 5.02 Å². The normalized spacial score (nSPS) is 14.2. The number of methoxy groups -OCH3 is 1. The van der Waals surface area contributed by atoms with E-state index in [-0.39, 0.29) is 11.1 Å². The van der Waals surface area contributed by atoms with Gasteiger partial charge < -0.3 is 9.64 Å². The van der Waals surface area contributed by atoms with Crippen LogP contribution in [0.3, 0.4) is 0 Å². The van der Waals surface area contributed by atoms with Crippen molar-refractivity contribution in [1.82, 2.24) is 23.8 Å². The summed E-state index contributed by atoms with van der Waals surface area (Å²) in [5.41, 5.74) is 2.86. The Morgan fingerprint density at radius 3 is 2.59 bits per heavy atom. The maximum atomic E-state index is 13.4. The van der Waals surface area contributed by atoms with Gasteiger partial charge in [-0.1, -0.05) is 23.4 Å². The second kappa shape index (κ2) is 12.2. The topological polar surface area (TPSA) is 85.0 Å². The zero-order valence-electron chi connectivity index (χ0n) is 22.5. The van der Waals surface area contributed by atoms with E-state index in [4.69, 9.17) is 21.3 Å². The molecule has 6 rings (SSSR count). The summed E-state index contributed by atoms with van der Waals surface area (Å²) in [6.45, 7) is 5.34. The highest BCUT2D eigenvalue weighted by Gasteiger charge is 2.18. The van der Waals surface area contributed by atoms with Crippen molar-refractivity contribution in [3.05, 3.63) is 91.5 Å². The molecule has 0 amide bonds. The van der Waals surface area contributed by atoms with Crippen LogP contribution in [0, 0.1) is 0 Å². The van der Waals surface area contributed by atoms with Gasteiger partial charge in [0.25, 0.3) is 11.1 Å². The van der Waals surface area contributed by atoms with Crippen molar-refractivity contribution >= 4 is 56.3 Å². The van der Waals surface area contributed by atoms with Crippen molar-refractivity contribution in [3.8, 4) is 5.75 Å². The van der Waals surface area contributed by atoms with Gasteiger partial charge in [-0.25, -0.2) is 9.97 Å². The molecule has 5 heterocycles. The molecule has 1 fully saturated rings. The smallest absolute Gasteiger partial charge is 0.272 e. The summed E-state index contributed by atoms with van der Waals surface area (Å²) in [6, 6.07) is 15.0. The van der Waals surface area contributed by atoms with Crippen LogP contribution in [-0.2, 0) is 12.3 Å². The first-order valence-electron chi connectivity index (χ1n) is 13.4. The maximum absolute atomic E-state index is 13.4. The molecule has 1 aromatic carbocycles. The number of benzene rings is 1. The molecule has 0 spiro atoms. The summed E-state index contributed by atoms with van der Waals surface area (Å²) < 4.78 is 9.15. The SMILES string of the molecule is COc1ccc(N2CCN(CCCn3c(SCc4cc(=O)n5cc(Cl)ccc5n4)nc4ccsc4c3=O)CC2)cc1. The molecule has 9 nitrogen and oxygen atoms in total. The zero-order valence-corrected chi connectivity index (χ0v) is 24.9. The first-order valence-corrected chi connectivity index (χ1v) is 15.6. The van der Waals surface area contributed by atoms with Gasteiger partial charge in [0.1, 0.15) is 16.1 Å². The fourth-order valence-electron chi connectivity index (χ4n) is 5.04. The van der Waals surface area contributed by atoms with Crippen molar-refractivity contribution < 1.29 is 4.74 Å². The third-order valence-corrected chi connectivity index (χ3v) is 9.35. The van der Waals surface area contributed by atoms with Crippen LogP contribution in [0.5, 0.6) is 5.75 Å². The van der Waals surface area contributed by atoms with Gasteiger partial charge in [-0.05, 0) is 60.8 Å². The van der Waals surface area contributed by atoms with E-state index in [1.165, 1.54) is 39.3 Å². The standard InChI is InChI=1S/C29H29ClN6O3S2/c1-39-23-6-4-22(5-7-23)34-14-12-33(13-15-34)10-2-11-35-28(38)27-24(9-16-40-27)32-29(35)41-19-21-17-26(37)36-18-20(30)3-8-25(36)31-21/h3-9,16-18H,2,10-15,19H2,1H3. The molecule has 1 aliphatic rings. The number of nitrogens with zero attached hydrogens (tertiary/aromatic N) is 6. The molecule has 41 heavy (non-hydrogen) atoms. The molecule has 0 N–H and O–H groups in total. The minimum atomic E-state index is -0.196. The Morgan fingerprint density at radius 1 is 1.00 bits per heavy atom. The van der Waals surface area contributed by atoms with Crippen molar-refractivity contribution in [3.63, 3.8) is 0 Å². The van der Waals surface area contributed by atoms with E-state index in [0.717, 1.165) is 44.9 Å². The second-order valence-corrected chi connectivity index (χ2v) is 12.1. The zero-order chi connectivity index (χ0) is 28.3. The lowest BCUT2D eigenvalue weighted by Crippen LogP contribution is -2.46. The summed E-state index contributed by atoms with van der Waals surface area (Å²) in [5, 5.41) is 3.01. The molecule has 0 atom stereocenters. The lowest BCUT2D eigenvalue weighted by atomic mass is 10.2. The van der Waals surface area contributed by atoms with E-state index in [9.17, 15) is 9.59 Å². The van der Waals surface area contributed by atoms with Crippen LogP contribution < -0.4 is 20.8 Å². The number of halogens is 1. The summed E-state index contributed by atoms with van der Waals surface area (Å²) >= 11 is 8.89. The Kier molecular flexibility index (Phi) is 8.29. The fourth-order valence-corrected chi connectivity index (χ4v) is 6.90. The van der Waals surface area contributed by atoms with E-state index in [1.807, 2.05) is 23.6 Å². The summed E-state index contributed by atoms with van der Waals surface area (Å²) in [4.78, 5) is 40.3. The average Bonchev–Trinajstić information content (AvgIpc) is 3.47. The van der Waals surface area contributed by atoms with E-state index in [2.05, 4.69) is 26.9 Å². The molecule has 12 heteroatoms. The van der Waals surface area contributed by atoms with Crippen molar-refractivity contribution in [2.75, 3.05) is 44.7 Å². The number of rotatable bonds is 9. The van der Waals surface area contributed by atoms with Gasteiger partial charge in [0.15, 0.2) is 5.16 Å². The van der Waals surface area contributed by atoms with Crippen molar-refractivity contribution in [2.24, 2.45) is 0 Å². The van der Waals surface area contributed by atoms with Crippen LogP contribution >= 0.6 is 34.7 Å². The lowest BCUT2D eigenvalue weighted by Gasteiger charge is -2.36. The highest BCUT2D eigenvalue weighted by atomic mass is 35.5. The second-order valence-electron chi connectivity index (χ2n) is 9.82. The Bertz CT molecular complexity index is 1800. The third-order valence-electron chi connectivity index (χ3n) is 7.22. The van der Waals surface area contributed by atoms with Gasteiger partial charge in [-0.15, -0.1) is 11.3 Å². The Labute approximate surface area is 250 Å². The molecule has 0 unspecified atom stereocenters. The molecule has 212 valence electrons. The predicted octanol–water partition coefficient (Wildman–Crippen LogP) is 4.63. The van der Waals surface area contributed by atoms with Crippen LogP contribution in [0.4, 0.5) is 5.69 Å². The molecule has 1 aliphatic heterocycles. The van der Waals surface area contributed by atoms with Gasteiger partial charge in [0.05, 0.1) is 23.3 Å². The van der Waals surface area contributed by atoms with Crippen molar-refractivity contribution in [2.45, 2.75) is 23.9 Å². The van der Waals surface area contributed by atoms with Gasteiger partial charge in [-0.2, -0.15) is 0 Å². The number of anilines is 1. The largest absolute Gasteiger partial charge is 0.497 e. The summed E-state index contributed by atoms with van der Waals surface area (Å²) in [5.74, 6) is 1.28. The molecule has 4 aromatic heterocycles. The molecule has 5 aromatic rings. The predicted molar refractivity (Wildman–Crippen MR) is 166 cm³/mol. The van der Waals surface area contributed by atoms with E-state index < -0.39 is 0 Å². The van der Waals surface area contributed by atoms with Gasteiger partial charge in [0.2, 0.25) is 0 Å². The van der Waals surface area contributed by atoms with E-state index in [1.54, 1.807) is 30.0 Å². The number of ether oxygens (including phenoxy) is 1. The number of hydrogen-bond acceptors (Lipinski definition) is 9. The van der Waals surface area contributed by atoms with E-state index >= 15 is 0 Å². The third kappa shape index (κ3) is 6.13. The maximum Gasteiger partial charge on any atom is 0.272 e. The summed E-state index contributed by atoms with van der Waals surface area (Å²) in [6.07, 6.45) is 2.40. The number of hydrogen-bond donors (Lipinski definition) is 0. The first kappa shape index (κ1) is 27.8. The number of thiophene rings is 1.